The number of likely N-dealkylation sites (N-methyl/N-ethyl adjacent to an activating group) is 1. The molecule has 0 aromatic rings. The molecule has 6 nitrogen and oxygen atoms in total. The lowest BCUT2D eigenvalue weighted by Crippen LogP contribution is -2.41. The second-order valence-electron chi connectivity index (χ2n) is 4.73. The molecule has 1 saturated heterocycles. The van der Waals surface area contributed by atoms with E-state index in [-0.39, 0.29) is 18.4 Å². The molecular weight excluding hydrogens is 222 g/mol. The summed E-state index contributed by atoms with van der Waals surface area (Å²) in [6.45, 7) is 2.63. The molecule has 2 amide bonds. The first-order valence-electron chi connectivity index (χ1n) is 5.88. The van der Waals surface area contributed by atoms with Crippen molar-refractivity contribution in [1.29, 1.82) is 0 Å². The van der Waals surface area contributed by atoms with Gasteiger partial charge in [0.15, 0.2) is 0 Å². The number of carbonyl (C=O) groups excluding carboxylic acids is 1. The van der Waals surface area contributed by atoms with Crippen LogP contribution in [0.25, 0.3) is 0 Å². The van der Waals surface area contributed by atoms with Crippen LogP contribution < -0.4 is 5.32 Å². The predicted octanol–water partition coefficient (Wildman–Crippen LogP) is 0.0542. The summed E-state index contributed by atoms with van der Waals surface area (Å²) in [7, 11) is 3.90. The number of carbonyl (C=O) groups is 2. The number of likely N-dealkylation sites (tertiary alicyclic amines) is 1. The van der Waals surface area contributed by atoms with Crippen LogP contribution in [-0.2, 0) is 4.79 Å². The molecule has 0 aromatic heterocycles. The monoisotopic (exact) mass is 243 g/mol. The quantitative estimate of drug-likeness (QED) is 0.716. The van der Waals surface area contributed by atoms with E-state index in [9.17, 15) is 9.59 Å². The van der Waals surface area contributed by atoms with Crippen molar-refractivity contribution in [3.05, 3.63) is 0 Å². The summed E-state index contributed by atoms with van der Waals surface area (Å²) in [5.41, 5.74) is 0. The van der Waals surface area contributed by atoms with E-state index in [1.165, 1.54) is 0 Å². The van der Waals surface area contributed by atoms with Crippen molar-refractivity contribution in [1.82, 2.24) is 15.1 Å². The van der Waals surface area contributed by atoms with E-state index in [1.54, 1.807) is 4.90 Å². The van der Waals surface area contributed by atoms with Crippen LogP contribution in [0.15, 0.2) is 0 Å². The van der Waals surface area contributed by atoms with Gasteiger partial charge >= 0.3 is 12.0 Å². The zero-order chi connectivity index (χ0) is 12.8. The van der Waals surface area contributed by atoms with Crippen LogP contribution in [0.3, 0.4) is 0 Å². The van der Waals surface area contributed by atoms with Gasteiger partial charge in [-0.3, -0.25) is 4.79 Å². The highest BCUT2D eigenvalue weighted by molar-refractivity contribution is 5.74. The molecule has 0 aromatic carbocycles. The van der Waals surface area contributed by atoms with Crippen molar-refractivity contribution in [2.45, 2.75) is 12.8 Å². The molecule has 1 unspecified atom stereocenters. The molecule has 0 saturated carbocycles. The molecule has 0 aliphatic carbocycles. The van der Waals surface area contributed by atoms with E-state index < -0.39 is 5.97 Å². The fraction of sp³-hybridized carbons (Fsp3) is 0.818. The number of carboxylic acids is 1. The molecular formula is C11H21N3O3. The van der Waals surface area contributed by atoms with Gasteiger partial charge in [-0.15, -0.1) is 0 Å². The van der Waals surface area contributed by atoms with Gasteiger partial charge in [0.05, 0.1) is 0 Å². The van der Waals surface area contributed by atoms with Crippen molar-refractivity contribution >= 4 is 12.0 Å². The SMILES string of the molecule is CN(C)CCNC(=O)N1CCC(CC(=O)O)C1. The van der Waals surface area contributed by atoms with Gasteiger partial charge in [-0.25, -0.2) is 4.79 Å². The number of aliphatic carboxylic acids is 1. The number of nitrogens with zero attached hydrogens (tertiary/aromatic N) is 2. The van der Waals surface area contributed by atoms with Crippen LogP contribution in [0, 0.1) is 5.92 Å². The molecule has 1 heterocycles. The van der Waals surface area contributed by atoms with Gasteiger partial charge in [0.1, 0.15) is 0 Å². The molecule has 0 spiro atoms. The van der Waals surface area contributed by atoms with Gasteiger partial charge in [-0.05, 0) is 26.4 Å². The van der Waals surface area contributed by atoms with Crippen LogP contribution in [0.4, 0.5) is 4.79 Å². The summed E-state index contributed by atoms with van der Waals surface area (Å²) >= 11 is 0. The number of nitrogens with one attached hydrogen (secondary N) is 1. The van der Waals surface area contributed by atoms with Crippen LogP contribution in [0.5, 0.6) is 0 Å². The summed E-state index contributed by atoms with van der Waals surface area (Å²) in [6, 6.07) is -0.0836. The van der Waals surface area contributed by atoms with Gasteiger partial charge in [0.2, 0.25) is 0 Å². The minimum Gasteiger partial charge on any atom is -0.481 e. The number of rotatable bonds is 5. The average Bonchev–Trinajstić information content (AvgIpc) is 2.64. The number of carboxylic acid groups (broad SMARTS) is 1. The van der Waals surface area contributed by atoms with E-state index in [0.717, 1.165) is 13.0 Å². The van der Waals surface area contributed by atoms with Crippen molar-refractivity contribution in [3.8, 4) is 0 Å². The second-order valence-corrected chi connectivity index (χ2v) is 4.73. The molecule has 2 N–H and O–H groups in total. The third kappa shape index (κ3) is 5.04. The first kappa shape index (κ1) is 13.8. The summed E-state index contributed by atoms with van der Waals surface area (Å²) < 4.78 is 0. The summed E-state index contributed by atoms with van der Waals surface area (Å²) in [5, 5.41) is 11.5. The third-order valence-corrected chi connectivity index (χ3v) is 2.87. The summed E-state index contributed by atoms with van der Waals surface area (Å²) in [6.07, 6.45) is 0.939. The van der Waals surface area contributed by atoms with E-state index >= 15 is 0 Å². The lowest BCUT2D eigenvalue weighted by molar-refractivity contribution is -0.138. The minimum atomic E-state index is -0.787. The molecule has 17 heavy (non-hydrogen) atoms. The number of hydrogen-bond acceptors (Lipinski definition) is 3. The molecule has 0 radical (unpaired) electrons. The maximum atomic E-state index is 11.7. The zero-order valence-corrected chi connectivity index (χ0v) is 10.5. The highest BCUT2D eigenvalue weighted by Gasteiger charge is 2.27. The number of urea groups is 1. The van der Waals surface area contributed by atoms with Crippen molar-refractivity contribution in [2.24, 2.45) is 5.92 Å². The Balaban J connectivity index is 2.23. The lowest BCUT2D eigenvalue weighted by Gasteiger charge is -2.18. The second kappa shape index (κ2) is 6.44. The van der Waals surface area contributed by atoms with Crippen molar-refractivity contribution in [2.75, 3.05) is 40.3 Å². The van der Waals surface area contributed by atoms with Gasteiger partial charge < -0.3 is 20.2 Å². The maximum absolute atomic E-state index is 11.7. The van der Waals surface area contributed by atoms with Gasteiger partial charge in [-0.2, -0.15) is 0 Å². The summed E-state index contributed by atoms with van der Waals surface area (Å²) in [4.78, 5) is 26.0. The molecule has 1 fully saturated rings. The molecule has 1 rings (SSSR count). The van der Waals surface area contributed by atoms with E-state index in [0.29, 0.717) is 19.6 Å². The Bertz CT molecular complexity index is 281. The topological polar surface area (TPSA) is 72.9 Å². The standard InChI is InChI=1S/C11H21N3O3/c1-13(2)6-4-12-11(17)14-5-3-9(8-14)7-10(15)16/h9H,3-8H2,1-2H3,(H,12,17)(H,15,16). The fourth-order valence-corrected chi connectivity index (χ4v) is 1.93. The summed E-state index contributed by atoms with van der Waals surface area (Å²) in [5.74, 6) is -0.683. The third-order valence-electron chi connectivity index (χ3n) is 2.87. The highest BCUT2D eigenvalue weighted by Crippen LogP contribution is 2.19. The Kier molecular flexibility index (Phi) is 5.21. The highest BCUT2D eigenvalue weighted by atomic mass is 16.4. The normalized spacial score (nSPS) is 19.7. The van der Waals surface area contributed by atoms with Crippen LogP contribution >= 0.6 is 0 Å². The molecule has 1 aliphatic heterocycles. The Morgan fingerprint density at radius 2 is 2.18 bits per heavy atom. The Morgan fingerprint density at radius 1 is 1.47 bits per heavy atom. The van der Waals surface area contributed by atoms with Crippen LogP contribution in [0.2, 0.25) is 0 Å². The van der Waals surface area contributed by atoms with E-state index in [4.69, 9.17) is 5.11 Å². The van der Waals surface area contributed by atoms with E-state index in [2.05, 4.69) is 5.32 Å². The number of hydrogen-bond donors (Lipinski definition) is 2. The van der Waals surface area contributed by atoms with E-state index in [1.807, 2.05) is 19.0 Å². The molecule has 6 heteroatoms. The first-order valence-corrected chi connectivity index (χ1v) is 5.88. The molecule has 1 atom stereocenters. The van der Waals surface area contributed by atoms with Crippen LogP contribution in [-0.4, -0.2) is 67.2 Å². The largest absolute Gasteiger partial charge is 0.481 e. The first-order chi connectivity index (χ1) is 7.99. The van der Waals surface area contributed by atoms with Crippen LogP contribution in [0.1, 0.15) is 12.8 Å². The van der Waals surface area contributed by atoms with Gasteiger partial charge in [-0.1, -0.05) is 0 Å². The van der Waals surface area contributed by atoms with Gasteiger partial charge in [0.25, 0.3) is 0 Å². The van der Waals surface area contributed by atoms with Crippen molar-refractivity contribution in [3.63, 3.8) is 0 Å². The minimum absolute atomic E-state index is 0.0836. The average molecular weight is 243 g/mol. The molecule has 1 aliphatic rings. The lowest BCUT2D eigenvalue weighted by atomic mass is 10.1. The fourth-order valence-electron chi connectivity index (χ4n) is 1.93. The zero-order valence-electron chi connectivity index (χ0n) is 10.5. The Hall–Kier alpha value is -1.30. The maximum Gasteiger partial charge on any atom is 0.317 e. The number of amides is 2. The van der Waals surface area contributed by atoms with Gasteiger partial charge in [0, 0.05) is 32.6 Å². The molecule has 98 valence electrons. The Morgan fingerprint density at radius 3 is 2.76 bits per heavy atom. The predicted molar refractivity (Wildman–Crippen MR) is 63.9 cm³/mol. The Labute approximate surface area is 102 Å². The smallest absolute Gasteiger partial charge is 0.317 e. The van der Waals surface area contributed by atoms with Crippen molar-refractivity contribution < 1.29 is 14.7 Å². The molecule has 0 bridgehead atoms.